The van der Waals surface area contributed by atoms with E-state index in [1.807, 2.05) is 31.2 Å². The van der Waals surface area contributed by atoms with Gasteiger partial charge in [-0.15, -0.1) is 0 Å². The molecule has 4 heteroatoms. The Bertz CT molecular complexity index is 607. The van der Waals surface area contributed by atoms with Gasteiger partial charge in [0.2, 0.25) is 0 Å². The second kappa shape index (κ2) is 6.56. The minimum absolute atomic E-state index is 0.0428. The summed E-state index contributed by atoms with van der Waals surface area (Å²) in [7, 11) is 0. The monoisotopic (exact) mass is 308 g/mol. The summed E-state index contributed by atoms with van der Waals surface area (Å²) in [5.41, 5.74) is 1.31. The van der Waals surface area contributed by atoms with Crippen LogP contribution < -0.4 is 0 Å². The number of benzene rings is 2. The predicted octanol–water partition coefficient (Wildman–Crippen LogP) is 3.25. The van der Waals surface area contributed by atoms with Gasteiger partial charge in [0.15, 0.2) is 0 Å². The van der Waals surface area contributed by atoms with Crippen molar-refractivity contribution in [3.05, 3.63) is 70.0 Å². The average molecular weight is 309 g/mol. The summed E-state index contributed by atoms with van der Waals surface area (Å²) < 4.78 is 14.1. The molecule has 0 aromatic heterocycles. The molecule has 0 saturated carbocycles. The largest absolute Gasteiger partial charge is 0.395 e. The van der Waals surface area contributed by atoms with Crippen molar-refractivity contribution < 1.29 is 14.6 Å². The van der Waals surface area contributed by atoms with Crippen molar-refractivity contribution >= 4 is 11.6 Å². The second-order valence-corrected chi connectivity index (χ2v) is 5.76. The van der Waals surface area contributed by atoms with E-state index >= 15 is 0 Å². The van der Waals surface area contributed by atoms with E-state index < -0.39 is 11.2 Å². The first-order valence-corrected chi connectivity index (χ1v) is 7.12. The summed E-state index contributed by atoms with van der Waals surface area (Å²) in [6.45, 7) is 1.40. The number of halogens is 2. The molecule has 0 amide bonds. The first-order chi connectivity index (χ1) is 10.0. The van der Waals surface area contributed by atoms with Crippen molar-refractivity contribution in [2.24, 2.45) is 0 Å². The molecule has 2 nitrogen and oxygen atoms in total. The molecule has 0 aliphatic rings. The van der Waals surface area contributed by atoms with E-state index in [2.05, 4.69) is 0 Å². The summed E-state index contributed by atoms with van der Waals surface area (Å²) in [4.78, 5) is 0. The lowest BCUT2D eigenvalue weighted by molar-refractivity contribution is 0.115. The van der Waals surface area contributed by atoms with Gasteiger partial charge in [0.05, 0.1) is 18.2 Å². The average Bonchev–Trinajstić information content (AvgIpc) is 2.50. The highest BCUT2D eigenvalue weighted by Crippen LogP contribution is 2.30. The Morgan fingerprint density at radius 2 is 1.67 bits per heavy atom. The SMILES string of the molecule is Cc1ccc(C(CO)(CO)Cc2cccc(Cl)c2F)cc1. The van der Waals surface area contributed by atoms with E-state index in [0.717, 1.165) is 11.1 Å². The molecule has 0 bridgehead atoms. The number of rotatable bonds is 5. The summed E-state index contributed by atoms with van der Waals surface area (Å²) in [5.74, 6) is -0.502. The normalized spacial score (nSPS) is 11.7. The number of aryl methyl sites for hydroxylation is 1. The Hall–Kier alpha value is -1.42. The van der Waals surface area contributed by atoms with Crippen LogP contribution in [0.4, 0.5) is 4.39 Å². The number of aliphatic hydroxyl groups excluding tert-OH is 2. The van der Waals surface area contributed by atoms with Crippen LogP contribution in [-0.4, -0.2) is 23.4 Å². The van der Waals surface area contributed by atoms with Gasteiger partial charge in [0, 0.05) is 5.41 Å². The van der Waals surface area contributed by atoms with Gasteiger partial charge in [-0.1, -0.05) is 53.6 Å². The van der Waals surface area contributed by atoms with E-state index in [-0.39, 0.29) is 24.7 Å². The van der Waals surface area contributed by atoms with Gasteiger partial charge in [-0.05, 0) is 30.5 Å². The molecule has 2 rings (SSSR count). The maximum atomic E-state index is 14.1. The van der Waals surface area contributed by atoms with Gasteiger partial charge < -0.3 is 10.2 Å². The van der Waals surface area contributed by atoms with Crippen molar-refractivity contribution in [3.63, 3.8) is 0 Å². The van der Waals surface area contributed by atoms with Crippen LogP contribution in [0.25, 0.3) is 0 Å². The molecule has 21 heavy (non-hydrogen) atoms. The third-order valence-electron chi connectivity index (χ3n) is 3.83. The van der Waals surface area contributed by atoms with E-state index in [1.165, 1.54) is 6.07 Å². The maximum Gasteiger partial charge on any atom is 0.145 e. The second-order valence-electron chi connectivity index (χ2n) is 5.35. The topological polar surface area (TPSA) is 40.5 Å². The zero-order valence-corrected chi connectivity index (χ0v) is 12.6. The summed E-state index contributed by atoms with van der Waals surface area (Å²) in [5, 5.41) is 19.7. The molecule has 0 radical (unpaired) electrons. The smallest absolute Gasteiger partial charge is 0.145 e. The van der Waals surface area contributed by atoms with Crippen molar-refractivity contribution in [1.29, 1.82) is 0 Å². The van der Waals surface area contributed by atoms with Crippen LogP contribution in [0.3, 0.4) is 0 Å². The fourth-order valence-corrected chi connectivity index (χ4v) is 2.60. The van der Waals surface area contributed by atoms with Gasteiger partial charge in [0.25, 0.3) is 0 Å². The van der Waals surface area contributed by atoms with Gasteiger partial charge in [-0.3, -0.25) is 0 Å². The minimum atomic E-state index is -0.931. The fraction of sp³-hybridized carbons (Fsp3) is 0.294. The Kier molecular flexibility index (Phi) is 4.99. The van der Waals surface area contributed by atoms with Crippen LogP contribution in [0.5, 0.6) is 0 Å². The molecule has 2 aromatic carbocycles. The molecular formula is C17H18ClFO2. The Morgan fingerprint density at radius 1 is 1.05 bits per heavy atom. The number of aliphatic hydroxyl groups is 2. The maximum absolute atomic E-state index is 14.1. The Balaban J connectivity index is 2.43. The van der Waals surface area contributed by atoms with Crippen LogP contribution in [0.15, 0.2) is 42.5 Å². The quantitative estimate of drug-likeness (QED) is 0.890. The lowest BCUT2D eigenvalue weighted by Crippen LogP contribution is -2.37. The lowest BCUT2D eigenvalue weighted by Gasteiger charge is -2.31. The molecule has 0 heterocycles. The van der Waals surface area contributed by atoms with E-state index in [0.29, 0.717) is 5.56 Å². The minimum Gasteiger partial charge on any atom is -0.395 e. The van der Waals surface area contributed by atoms with Crippen molar-refractivity contribution in [1.82, 2.24) is 0 Å². The molecular weight excluding hydrogens is 291 g/mol. The fourth-order valence-electron chi connectivity index (χ4n) is 2.40. The van der Waals surface area contributed by atoms with Crippen LogP contribution in [0, 0.1) is 12.7 Å². The zero-order valence-electron chi connectivity index (χ0n) is 11.8. The molecule has 0 unspecified atom stereocenters. The third-order valence-corrected chi connectivity index (χ3v) is 4.12. The summed E-state index contributed by atoms with van der Waals surface area (Å²) in [6, 6.07) is 12.3. The van der Waals surface area contributed by atoms with Gasteiger partial charge >= 0.3 is 0 Å². The molecule has 0 fully saturated rings. The standard InChI is InChI=1S/C17H18ClFO2/c1-12-5-7-14(8-6-12)17(10-20,11-21)9-13-3-2-4-15(18)16(13)19/h2-8,20-21H,9-11H2,1H3. The van der Waals surface area contributed by atoms with Crippen LogP contribution >= 0.6 is 11.6 Å². The number of hydrogen-bond donors (Lipinski definition) is 2. The molecule has 0 aliphatic carbocycles. The van der Waals surface area contributed by atoms with Gasteiger partial charge in [0.1, 0.15) is 5.82 Å². The van der Waals surface area contributed by atoms with Gasteiger partial charge in [-0.25, -0.2) is 4.39 Å². The molecule has 112 valence electrons. The molecule has 0 spiro atoms. The summed E-state index contributed by atoms with van der Waals surface area (Å²) in [6.07, 6.45) is 0.176. The Labute approximate surface area is 128 Å². The van der Waals surface area contributed by atoms with Gasteiger partial charge in [-0.2, -0.15) is 0 Å². The highest BCUT2D eigenvalue weighted by molar-refractivity contribution is 6.30. The molecule has 2 aromatic rings. The molecule has 0 saturated heterocycles. The van der Waals surface area contributed by atoms with E-state index in [9.17, 15) is 14.6 Å². The first kappa shape index (κ1) is 16.0. The molecule has 0 atom stereocenters. The molecule has 0 aliphatic heterocycles. The Morgan fingerprint density at radius 3 is 2.24 bits per heavy atom. The van der Waals surface area contributed by atoms with E-state index in [1.54, 1.807) is 12.1 Å². The van der Waals surface area contributed by atoms with Crippen LogP contribution in [-0.2, 0) is 11.8 Å². The van der Waals surface area contributed by atoms with E-state index in [4.69, 9.17) is 11.6 Å². The van der Waals surface area contributed by atoms with Crippen molar-refractivity contribution in [2.45, 2.75) is 18.8 Å². The first-order valence-electron chi connectivity index (χ1n) is 6.74. The third kappa shape index (κ3) is 3.26. The van der Waals surface area contributed by atoms with Crippen molar-refractivity contribution in [2.75, 3.05) is 13.2 Å². The summed E-state index contributed by atoms with van der Waals surface area (Å²) >= 11 is 5.80. The highest BCUT2D eigenvalue weighted by Gasteiger charge is 2.32. The highest BCUT2D eigenvalue weighted by atomic mass is 35.5. The van der Waals surface area contributed by atoms with Crippen molar-refractivity contribution in [3.8, 4) is 0 Å². The number of hydrogen-bond acceptors (Lipinski definition) is 2. The van der Waals surface area contributed by atoms with Crippen LogP contribution in [0.1, 0.15) is 16.7 Å². The van der Waals surface area contributed by atoms with Crippen LogP contribution in [0.2, 0.25) is 5.02 Å². The predicted molar refractivity (Wildman–Crippen MR) is 82.1 cm³/mol. The lowest BCUT2D eigenvalue weighted by atomic mass is 9.76. The zero-order chi connectivity index (χ0) is 15.5. The molecule has 2 N–H and O–H groups in total.